The number of hydrogen-bond donors (Lipinski definition) is 3. The Labute approximate surface area is 111 Å². The van der Waals surface area contributed by atoms with Gasteiger partial charge in [-0.25, -0.2) is 0 Å². The number of nitrogens with two attached hydrogens (primary N) is 1. The maximum absolute atomic E-state index is 12.0. The molecule has 0 aromatic heterocycles. The number of rotatable bonds is 3. The van der Waals surface area contributed by atoms with Crippen LogP contribution in [0.2, 0.25) is 0 Å². The lowest BCUT2D eigenvalue weighted by atomic mass is 10.1. The van der Waals surface area contributed by atoms with E-state index in [0.717, 1.165) is 11.1 Å². The minimum absolute atomic E-state index is 0.0209. The van der Waals surface area contributed by atoms with E-state index < -0.39 is 0 Å². The first-order valence-corrected chi connectivity index (χ1v) is 6.00. The summed E-state index contributed by atoms with van der Waals surface area (Å²) < 4.78 is 0. The zero-order valence-corrected chi connectivity index (χ0v) is 10.7. The summed E-state index contributed by atoms with van der Waals surface area (Å²) in [6, 6.07) is 12.3. The molecular formula is C15H16N2O2. The Balaban J connectivity index is 2.20. The van der Waals surface area contributed by atoms with E-state index in [1.807, 2.05) is 25.1 Å². The van der Waals surface area contributed by atoms with E-state index in [-0.39, 0.29) is 17.2 Å². The first kappa shape index (κ1) is 13.1. The van der Waals surface area contributed by atoms with Crippen LogP contribution in [0.5, 0.6) is 5.75 Å². The van der Waals surface area contributed by atoms with Gasteiger partial charge in [0.25, 0.3) is 5.91 Å². The third-order valence-corrected chi connectivity index (χ3v) is 2.82. The number of hydrogen-bond acceptors (Lipinski definition) is 3. The number of carbonyl (C=O) groups is 1. The molecule has 4 nitrogen and oxygen atoms in total. The van der Waals surface area contributed by atoms with Gasteiger partial charge in [0, 0.05) is 12.2 Å². The normalized spacial score (nSPS) is 10.2. The van der Waals surface area contributed by atoms with Crippen LogP contribution in [0.15, 0.2) is 42.5 Å². The van der Waals surface area contributed by atoms with Crippen LogP contribution in [0.4, 0.5) is 5.69 Å². The van der Waals surface area contributed by atoms with Crippen LogP contribution in [0, 0.1) is 6.92 Å². The van der Waals surface area contributed by atoms with Gasteiger partial charge in [-0.05, 0) is 42.3 Å². The molecule has 0 atom stereocenters. The van der Waals surface area contributed by atoms with E-state index in [9.17, 15) is 9.90 Å². The Morgan fingerprint density at radius 2 is 2.05 bits per heavy atom. The summed E-state index contributed by atoms with van der Waals surface area (Å²) in [6.45, 7) is 2.27. The molecule has 0 saturated carbocycles. The molecule has 0 aliphatic carbocycles. The molecule has 4 heteroatoms. The fraction of sp³-hybridized carbons (Fsp3) is 0.133. The number of amides is 1. The second-order valence-corrected chi connectivity index (χ2v) is 4.38. The van der Waals surface area contributed by atoms with Crippen LogP contribution in [-0.4, -0.2) is 11.0 Å². The fourth-order valence-corrected chi connectivity index (χ4v) is 1.81. The summed E-state index contributed by atoms with van der Waals surface area (Å²) >= 11 is 0. The van der Waals surface area contributed by atoms with Gasteiger partial charge < -0.3 is 16.2 Å². The van der Waals surface area contributed by atoms with Crippen molar-refractivity contribution in [3.63, 3.8) is 0 Å². The van der Waals surface area contributed by atoms with Gasteiger partial charge in [-0.3, -0.25) is 4.79 Å². The maximum Gasteiger partial charge on any atom is 0.259 e. The van der Waals surface area contributed by atoms with Gasteiger partial charge in [-0.2, -0.15) is 0 Å². The summed E-state index contributed by atoms with van der Waals surface area (Å²) in [5.74, 6) is -0.362. The predicted molar refractivity (Wildman–Crippen MR) is 75.1 cm³/mol. The molecule has 0 bridgehead atoms. The molecule has 0 fully saturated rings. The summed E-state index contributed by atoms with van der Waals surface area (Å²) in [4.78, 5) is 12.0. The lowest BCUT2D eigenvalue weighted by Crippen LogP contribution is -2.12. The molecule has 2 aromatic rings. The van der Waals surface area contributed by atoms with Crippen molar-refractivity contribution in [1.29, 1.82) is 0 Å². The lowest BCUT2D eigenvalue weighted by Gasteiger charge is -2.08. The molecular weight excluding hydrogens is 240 g/mol. The van der Waals surface area contributed by atoms with Crippen molar-refractivity contribution in [2.24, 2.45) is 5.73 Å². The minimum Gasteiger partial charge on any atom is -0.507 e. The van der Waals surface area contributed by atoms with E-state index in [0.29, 0.717) is 12.2 Å². The molecule has 0 aliphatic rings. The molecule has 0 heterocycles. The molecule has 98 valence electrons. The highest BCUT2D eigenvalue weighted by atomic mass is 16.3. The van der Waals surface area contributed by atoms with Crippen LogP contribution in [0.25, 0.3) is 0 Å². The van der Waals surface area contributed by atoms with E-state index >= 15 is 0 Å². The Kier molecular flexibility index (Phi) is 3.82. The quantitative estimate of drug-likeness (QED) is 0.789. The van der Waals surface area contributed by atoms with Crippen LogP contribution >= 0.6 is 0 Å². The van der Waals surface area contributed by atoms with Gasteiger partial charge in [0.1, 0.15) is 5.75 Å². The number of phenolic OH excluding ortho intramolecular Hbond substituents is 1. The van der Waals surface area contributed by atoms with Gasteiger partial charge in [0.2, 0.25) is 0 Å². The SMILES string of the molecule is Cc1ccc(C(=O)Nc2cccc(CN)c2)c(O)c1. The van der Waals surface area contributed by atoms with Gasteiger partial charge in [-0.1, -0.05) is 18.2 Å². The topological polar surface area (TPSA) is 75.4 Å². The van der Waals surface area contributed by atoms with Gasteiger partial charge in [-0.15, -0.1) is 0 Å². The first-order valence-electron chi connectivity index (χ1n) is 6.00. The smallest absolute Gasteiger partial charge is 0.259 e. The third kappa shape index (κ3) is 3.11. The van der Waals surface area contributed by atoms with E-state index in [4.69, 9.17) is 5.73 Å². The zero-order chi connectivity index (χ0) is 13.8. The molecule has 0 unspecified atom stereocenters. The average molecular weight is 256 g/mol. The van der Waals surface area contributed by atoms with Crippen molar-refractivity contribution in [3.8, 4) is 5.75 Å². The highest BCUT2D eigenvalue weighted by Crippen LogP contribution is 2.20. The molecule has 2 rings (SSSR count). The average Bonchev–Trinajstić information content (AvgIpc) is 2.38. The Morgan fingerprint density at radius 3 is 2.74 bits per heavy atom. The maximum atomic E-state index is 12.0. The summed E-state index contributed by atoms with van der Waals surface area (Å²) in [5, 5.41) is 12.5. The number of aromatic hydroxyl groups is 1. The van der Waals surface area contributed by atoms with Crippen LogP contribution in [-0.2, 0) is 6.54 Å². The number of nitrogens with one attached hydrogen (secondary N) is 1. The standard InChI is InChI=1S/C15H16N2O2/c1-10-5-6-13(14(18)7-10)15(19)17-12-4-2-3-11(8-12)9-16/h2-8,18H,9,16H2,1H3,(H,17,19). The van der Waals surface area contributed by atoms with Crippen LogP contribution in [0.1, 0.15) is 21.5 Å². The van der Waals surface area contributed by atoms with E-state index in [1.54, 1.807) is 24.3 Å². The van der Waals surface area contributed by atoms with Crippen molar-refractivity contribution in [3.05, 3.63) is 59.2 Å². The highest BCUT2D eigenvalue weighted by molar-refractivity contribution is 6.06. The monoisotopic (exact) mass is 256 g/mol. The first-order chi connectivity index (χ1) is 9.10. The summed E-state index contributed by atoms with van der Waals surface area (Å²) in [5.41, 5.74) is 8.30. The third-order valence-electron chi connectivity index (χ3n) is 2.82. The van der Waals surface area contributed by atoms with E-state index in [2.05, 4.69) is 5.32 Å². The van der Waals surface area contributed by atoms with E-state index in [1.165, 1.54) is 0 Å². The number of phenols is 1. The summed E-state index contributed by atoms with van der Waals surface area (Å²) in [7, 11) is 0. The summed E-state index contributed by atoms with van der Waals surface area (Å²) in [6.07, 6.45) is 0. The fourth-order valence-electron chi connectivity index (χ4n) is 1.81. The molecule has 4 N–H and O–H groups in total. The van der Waals surface area contributed by atoms with Gasteiger partial charge >= 0.3 is 0 Å². The number of aryl methyl sites for hydroxylation is 1. The second-order valence-electron chi connectivity index (χ2n) is 4.38. The molecule has 2 aromatic carbocycles. The van der Waals surface area contributed by atoms with Crippen LogP contribution in [0.3, 0.4) is 0 Å². The van der Waals surface area contributed by atoms with Crippen molar-refractivity contribution in [2.75, 3.05) is 5.32 Å². The van der Waals surface area contributed by atoms with Crippen LogP contribution < -0.4 is 11.1 Å². The zero-order valence-electron chi connectivity index (χ0n) is 10.7. The second kappa shape index (κ2) is 5.54. The molecule has 0 saturated heterocycles. The number of benzene rings is 2. The van der Waals surface area contributed by atoms with Gasteiger partial charge in [0.05, 0.1) is 5.56 Å². The van der Waals surface area contributed by atoms with Crippen molar-refractivity contribution >= 4 is 11.6 Å². The molecule has 0 spiro atoms. The lowest BCUT2D eigenvalue weighted by molar-refractivity contribution is 0.102. The number of carbonyl (C=O) groups excluding carboxylic acids is 1. The molecule has 0 aliphatic heterocycles. The molecule has 0 radical (unpaired) electrons. The van der Waals surface area contributed by atoms with Gasteiger partial charge in [0.15, 0.2) is 0 Å². The predicted octanol–water partition coefficient (Wildman–Crippen LogP) is 2.41. The number of anilines is 1. The Bertz CT molecular complexity index is 609. The van der Waals surface area contributed by atoms with Crippen molar-refractivity contribution in [2.45, 2.75) is 13.5 Å². The van der Waals surface area contributed by atoms with Crippen molar-refractivity contribution < 1.29 is 9.90 Å². The minimum atomic E-state index is -0.341. The highest BCUT2D eigenvalue weighted by Gasteiger charge is 2.11. The Hall–Kier alpha value is -2.33. The Morgan fingerprint density at radius 1 is 1.26 bits per heavy atom. The molecule has 1 amide bonds. The van der Waals surface area contributed by atoms with Crippen molar-refractivity contribution in [1.82, 2.24) is 0 Å². The largest absolute Gasteiger partial charge is 0.507 e. The molecule has 19 heavy (non-hydrogen) atoms.